The summed E-state index contributed by atoms with van der Waals surface area (Å²) in [6.07, 6.45) is 2.06. The molecule has 2 rings (SSSR count). The molecule has 0 spiro atoms. The Morgan fingerprint density at radius 2 is 2.15 bits per heavy atom. The molecule has 1 atom stereocenters. The highest BCUT2D eigenvalue weighted by atomic mass is 16.6. The summed E-state index contributed by atoms with van der Waals surface area (Å²) < 4.78 is 0. The number of aromatic nitrogens is 1. The quantitative estimate of drug-likeness (QED) is 0.627. The maximum absolute atomic E-state index is 12.1. The number of nitrogens with two attached hydrogens (primary N) is 1. The molecular weight excluding hydrogens is 262 g/mol. The van der Waals surface area contributed by atoms with Crippen LogP contribution in [0.3, 0.4) is 0 Å². The smallest absolute Gasteiger partial charge is 0.311 e. The fourth-order valence-electron chi connectivity index (χ4n) is 2.20. The first-order valence-corrected chi connectivity index (χ1v) is 6.45. The van der Waals surface area contributed by atoms with Gasteiger partial charge in [0.1, 0.15) is 11.9 Å². The number of likely N-dealkylation sites (tertiary alicyclic amines) is 1. The van der Waals surface area contributed by atoms with Crippen LogP contribution in [0.5, 0.6) is 0 Å². The normalized spacial score (nSPS) is 15.9. The number of pyridine rings is 1. The highest BCUT2D eigenvalue weighted by Gasteiger charge is 2.23. The van der Waals surface area contributed by atoms with E-state index < -0.39 is 11.0 Å². The Hall–Kier alpha value is -2.38. The van der Waals surface area contributed by atoms with Gasteiger partial charge in [-0.2, -0.15) is 0 Å². The van der Waals surface area contributed by atoms with E-state index in [0.29, 0.717) is 5.82 Å². The molecule has 20 heavy (non-hydrogen) atoms. The van der Waals surface area contributed by atoms with Crippen LogP contribution in [0.4, 0.5) is 17.3 Å². The lowest BCUT2D eigenvalue weighted by atomic mass is 10.3. The first kappa shape index (κ1) is 14.0. The summed E-state index contributed by atoms with van der Waals surface area (Å²) in [5.41, 5.74) is 5.27. The second-order valence-corrected chi connectivity index (χ2v) is 4.76. The molecule has 1 aliphatic heterocycles. The number of nitrogens with zero attached hydrogens (tertiary/aromatic N) is 3. The Morgan fingerprint density at radius 1 is 1.50 bits per heavy atom. The fraction of sp³-hybridized carbons (Fsp3) is 0.500. The molecule has 8 heteroatoms. The van der Waals surface area contributed by atoms with Crippen molar-refractivity contribution >= 4 is 23.2 Å². The summed E-state index contributed by atoms with van der Waals surface area (Å²) in [4.78, 5) is 27.9. The molecule has 0 aromatic carbocycles. The Balaban J connectivity index is 2.04. The van der Waals surface area contributed by atoms with E-state index in [-0.39, 0.29) is 17.4 Å². The lowest BCUT2D eigenvalue weighted by Crippen LogP contribution is -2.39. The first-order valence-electron chi connectivity index (χ1n) is 6.45. The minimum Gasteiger partial charge on any atom is -0.378 e. The van der Waals surface area contributed by atoms with Gasteiger partial charge in [0, 0.05) is 19.2 Å². The van der Waals surface area contributed by atoms with Gasteiger partial charge in [0.25, 0.3) is 0 Å². The number of amides is 1. The number of hydrogen-bond donors (Lipinski definition) is 2. The molecule has 1 saturated heterocycles. The second-order valence-electron chi connectivity index (χ2n) is 4.76. The van der Waals surface area contributed by atoms with Gasteiger partial charge in [0.05, 0.1) is 4.92 Å². The molecule has 1 fully saturated rings. The third kappa shape index (κ3) is 2.95. The third-order valence-electron chi connectivity index (χ3n) is 3.25. The van der Waals surface area contributed by atoms with Gasteiger partial charge in [-0.1, -0.05) is 0 Å². The Labute approximate surface area is 116 Å². The van der Waals surface area contributed by atoms with Crippen molar-refractivity contribution in [3.05, 3.63) is 22.2 Å². The summed E-state index contributed by atoms with van der Waals surface area (Å²) in [6, 6.07) is 2.28. The lowest BCUT2D eigenvalue weighted by molar-refractivity contribution is -0.384. The number of nitro groups is 1. The van der Waals surface area contributed by atoms with E-state index in [1.165, 1.54) is 12.1 Å². The average Bonchev–Trinajstić information content (AvgIpc) is 2.91. The fourth-order valence-corrected chi connectivity index (χ4v) is 2.20. The average molecular weight is 279 g/mol. The van der Waals surface area contributed by atoms with Crippen molar-refractivity contribution in [1.29, 1.82) is 0 Å². The number of carbonyl (C=O) groups is 1. The lowest BCUT2D eigenvalue weighted by Gasteiger charge is -2.21. The van der Waals surface area contributed by atoms with Gasteiger partial charge in [-0.15, -0.1) is 0 Å². The van der Waals surface area contributed by atoms with E-state index in [9.17, 15) is 14.9 Å². The maximum atomic E-state index is 12.1. The molecule has 0 saturated carbocycles. The van der Waals surface area contributed by atoms with Crippen LogP contribution in [0.2, 0.25) is 0 Å². The van der Waals surface area contributed by atoms with Gasteiger partial charge in [-0.3, -0.25) is 14.9 Å². The summed E-state index contributed by atoms with van der Waals surface area (Å²) in [5, 5.41) is 13.6. The van der Waals surface area contributed by atoms with Crippen LogP contribution in [-0.4, -0.2) is 39.8 Å². The minimum absolute atomic E-state index is 0.00113. The van der Waals surface area contributed by atoms with Crippen molar-refractivity contribution in [2.24, 2.45) is 0 Å². The van der Waals surface area contributed by atoms with Gasteiger partial charge < -0.3 is 16.0 Å². The topological polar surface area (TPSA) is 114 Å². The maximum Gasteiger partial charge on any atom is 0.311 e. The zero-order valence-corrected chi connectivity index (χ0v) is 11.2. The number of carbonyl (C=O) groups excluding carboxylic acids is 1. The molecule has 1 aromatic heterocycles. The van der Waals surface area contributed by atoms with Crippen LogP contribution in [0.1, 0.15) is 19.8 Å². The summed E-state index contributed by atoms with van der Waals surface area (Å²) in [6.45, 7) is 3.29. The summed E-state index contributed by atoms with van der Waals surface area (Å²) in [5.74, 6) is 0.190. The largest absolute Gasteiger partial charge is 0.378 e. The molecule has 8 nitrogen and oxygen atoms in total. The van der Waals surface area contributed by atoms with Crippen LogP contribution in [0.25, 0.3) is 0 Å². The predicted molar refractivity (Wildman–Crippen MR) is 74.2 cm³/mol. The molecule has 3 N–H and O–H groups in total. The first-order chi connectivity index (χ1) is 9.49. The SMILES string of the molecule is CC(Nc1ccc([N+](=O)[O-])c(N)n1)C(=O)N1CCCC1. The van der Waals surface area contributed by atoms with Crippen LogP contribution in [0, 0.1) is 10.1 Å². The van der Waals surface area contributed by atoms with Crippen molar-refractivity contribution in [3.63, 3.8) is 0 Å². The van der Waals surface area contributed by atoms with Gasteiger partial charge in [-0.05, 0) is 25.8 Å². The van der Waals surface area contributed by atoms with E-state index in [0.717, 1.165) is 25.9 Å². The van der Waals surface area contributed by atoms with E-state index >= 15 is 0 Å². The molecule has 0 bridgehead atoms. The molecule has 1 unspecified atom stereocenters. The van der Waals surface area contributed by atoms with Crippen molar-refractivity contribution in [2.45, 2.75) is 25.8 Å². The molecule has 108 valence electrons. The number of hydrogen-bond acceptors (Lipinski definition) is 6. The molecule has 1 aromatic rings. The van der Waals surface area contributed by atoms with Crippen molar-refractivity contribution < 1.29 is 9.72 Å². The number of anilines is 2. The standard InChI is InChI=1S/C12H17N5O3/c1-8(12(18)16-6-2-3-7-16)14-10-5-4-9(17(19)20)11(13)15-10/h4-5,8H,2-3,6-7H2,1H3,(H3,13,14,15). The van der Waals surface area contributed by atoms with Crippen LogP contribution >= 0.6 is 0 Å². The van der Waals surface area contributed by atoms with Crippen molar-refractivity contribution in [1.82, 2.24) is 9.88 Å². The Bertz CT molecular complexity index is 528. The number of rotatable bonds is 4. The Morgan fingerprint density at radius 3 is 2.70 bits per heavy atom. The highest BCUT2D eigenvalue weighted by molar-refractivity contribution is 5.84. The zero-order chi connectivity index (χ0) is 14.7. The van der Waals surface area contributed by atoms with Crippen molar-refractivity contribution in [3.8, 4) is 0 Å². The van der Waals surface area contributed by atoms with Crippen LogP contribution < -0.4 is 11.1 Å². The van der Waals surface area contributed by atoms with Gasteiger partial charge in [0.15, 0.2) is 0 Å². The molecule has 2 heterocycles. The summed E-state index contributed by atoms with van der Waals surface area (Å²) >= 11 is 0. The van der Waals surface area contributed by atoms with Crippen LogP contribution in [-0.2, 0) is 4.79 Å². The van der Waals surface area contributed by atoms with E-state index in [4.69, 9.17) is 5.73 Å². The monoisotopic (exact) mass is 279 g/mol. The predicted octanol–water partition coefficient (Wildman–Crippen LogP) is 0.995. The van der Waals surface area contributed by atoms with Gasteiger partial charge in [-0.25, -0.2) is 4.98 Å². The Kier molecular flexibility index (Phi) is 4.02. The molecule has 0 aliphatic carbocycles. The molecule has 1 amide bonds. The van der Waals surface area contributed by atoms with E-state index in [2.05, 4.69) is 10.3 Å². The van der Waals surface area contributed by atoms with Gasteiger partial charge >= 0.3 is 5.69 Å². The third-order valence-corrected chi connectivity index (χ3v) is 3.25. The van der Waals surface area contributed by atoms with E-state index in [1.54, 1.807) is 11.8 Å². The summed E-state index contributed by atoms with van der Waals surface area (Å²) in [7, 11) is 0. The minimum atomic E-state index is -0.592. The van der Waals surface area contributed by atoms with Gasteiger partial charge in [0.2, 0.25) is 11.7 Å². The van der Waals surface area contributed by atoms with Crippen LogP contribution in [0.15, 0.2) is 12.1 Å². The number of nitrogen functional groups attached to an aromatic ring is 1. The van der Waals surface area contributed by atoms with Crippen molar-refractivity contribution in [2.75, 3.05) is 24.1 Å². The molecule has 0 radical (unpaired) electrons. The molecule has 1 aliphatic rings. The highest BCUT2D eigenvalue weighted by Crippen LogP contribution is 2.21. The van der Waals surface area contributed by atoms with E-state index in [1.807, 2.05) is 0 Å². The number of nitrogens with one attached hydrogen (secondary N) is 1. The zero-order valence-electron chi connectivity index (χ0n) is 11.2. The molecular formula is C12H17N5O3. The second kappa shape index (κ2) is 5.72.